The monoisotopic (exact) mass is 433 g/mol. The molecule has 0 bridgehead atoms. The number of sulfone groups is 1. The summed E-state index contributed by atoms with van der Waals surface area (Å²) in [6, 6.07) is 8.83. The first-order valence-electron chi connectivity index (χ1n) is 9.49. The third kappa shape index (κ3) is 3.65. The van der Waals surface area contributed by atoms with E-state index in [0.29, 0.717) is 18.4 Å². The lowest BCUT2D eigenvalue weighted by Crippen LogP contribution is -2.47. The largest absolute Gasteiger partial charge is 0.496 e. The van der Waals surface area contributed by atoms with Crippen LogP contribution in [0.4, 0.5) is 5.69 Å². The summed E-state index contributed by atoms with van der Waals surface area (Å²) in [6.07, 6.45) is 1.30. The second-order valence-electron chi connectivity index (χ2n) is 7.45. The van der Waals surface area contributed by atoms with E-state index in [9.17, 15) is 23.3 Å². The van der Waals surface area contributed by atoms with Gasteiger partial charge in [0.05, 0.1) is 23.0 Å². The van der Waals surface area contributed by atoms with E-state index in [-0.39, 0.29) is 29.2 Å². The quantitative estimate of drug-likeness (QED) is 0.294. The lowest BCUT2D eigenvalue weighted by atomic mass is 10.1. The van der Waals surface area contributed by atoms with E-state index in [1.54, 1.807) is 32.0 Å². The topological polar surface area (TPSA) is 113 Å². The maximum Gasteiger partial charge on any atom is 0.333 e. The molecule has 3 rings (SSSR count). The molecule has 9 heteroatoms. The standard InChI is InChI=1S/C21H23NO7S/c1-14-6-7-15(2)19(12-14)30(26,27)21(10-4-5-11-21)20(23)29-18-9-8-16(28-3)13-17(18)22(24)25/h6-9,12-13H,4-5,10-11H2,1-3H3. The fourth-order valence-corrected chi connectivity index (χ4v) is 6.12. The molecule has 2 aromatic carbocycles. The number of hydrogen-bond donors (Lipinski definition) is 0. The van der Waals surface area contributed by atoms with Crippen molar-refractivity contribution in [3.8, 4) is 11.5 Å². The zero-order chi connectivity index (χ0) is 22.1. The van der Waals surface area contributed by atoms with Gasteiger partial charge in [0.1, 0.15) is 5.75 Å². The number of methoxy groups -OCH3 is 1. The van der Waals surface area contributed by atoms with Crippen LogP contribution in [0.5, 0.6) is 11.5 Å². The second-order valence-corrected chi connectivity index (χ2v) is 9.68. The molecule has 0 saturated heterocycles. The van der Waals surface area contributed by atoms with E-state index in [4.69, 9.17) is 9.47 Å². The highest BCUT2D eigenvalue weighted by atomic mass is 32.2. The molecular formula is C21H23NO7S. The van der Waals surface area contributed by atoms with Crippen LogP contribution in [-0.2, 0) is 14.6 Å². The summed E-state index contributed by atoms with van der Waals surface area (Å²) in [4.78, 5) is 24.0. The fraction of sp³-hybridized carbons (Fsp3) is 0.381. The summed E-state index contributed by atoms with van der Waals surface area (Å²) in [5.74, 6) is -1.08. The number of nitro groups is 1. The molecule has 0 radical (unpaired) electrons. The maximum absolute atomic E-state index is 13.6. The van der Waals surface area contributed by atoms with Gasteiger partial charge in [-0.3, -0.25) is 10.1 Å². The summed E-state index contributed by atoms with van der Waals surface area (Å²) in [5.41, 5.74) is 0.821. The Labute approximate surface area is 174 Å². The number of benzene rings is 2. The molecular weight excluding hydrogens is 410 g/mol. The Balaban J connectivity index is 2.06. The van der Waals surface area contributed by atoms with Gasteiger partial charge >= 0.3 is 11.7 Å². The van der Waals surface area contributed by atoms with E-state index in [1.165, 1.54) is 19.2 Å². The van der Waals surface area contributed by atoms with Crippen molar-refractivity contribution < 1.29 is 27.6 Å². The van der Waals surface area contributed by atoms with Gasteiger partial charge in [-0.1, -0.05) is 25.0 Å². The molecule has 0 spiro atoms. The zero-order valence-corrected chi connectivity index (χ0v) is 17.8. The molecule has 1 aliphatic carbocycles. The van der Waals surface area contributed by atoms with Crippen molar-refractivity contribution >= 4 is 21.5 Å². The highest BCUT2D eigenvalue weighted by Crippen LogP contribution is 2.43. The Hall–Kier alpha value is -2.94. The van der Waals surface area contributed by atoms with Gasteiger partial charge in [-0.05, 0) is 56.0 Å². The van der Waals surface area contributed by atoms with Gasteiger partial charge in [-0.15, -0.1) is 0 Å². The molecule has 0 aliphatic heterocycles. The first kappa shape index (κ1) is 21.8. The molecule has 0 heterocycles. The molecule has 1 fully saturated rings. The van der Waals surface area contributed by atoms with Crippen LogP contribution in [0.15, 0.2) is 41.3 Å². The molecule has 0 atom stereocenters. The maximum atomic E-state index is 13.6. The number of esters is 1. The SMILES string of the molecule is COc1ccc(OC(=O)C2(S(=O)(=O)c3cc(C)ccc3C)CCCC2)c([N+](=O)[O-])c1. The van der Waals surface area contributed by atoms with Crippen LogP contribution in [-0.4, -0.2) is 31.2 Å². The smallest absolute Gasteiger partial charge is 0.333 e. The van der Waals surface area contributed by atoms with Crippen molar-refractivity contribution in [3.63, 3.8) is 0 Å². The summed E-state index contributed by atoms with van der Waals surface area (Å²) in [7, 11) is -2.73. The number of ether oxygens (including phenoxy) is 2. The molecule has 0 unspecified atom stereocenters. The summed E-state index contributed by atoms with van der Waals surface area (Å²) >= 11 is 0. The minimum atomic E-state index is -4.09. The predicted molar refractivity (Wildman–Crippen MR) is 110 cm³/mol. The molecule has 2 aromatic rings. The van der Waals surface area contributed by atoms with Gasteiger partial charge < -0.3 is 9.47 Å². The van der Waals surface area contributed by atoms with Crippen LogP contribution in [0.2, 0.25) is 0 Å². The van der Waals surface area contributed by atoms with Crippen molar-refractivity contribution in [1.29, 1.82) is 0 Å². The Kier molecular flexibility index (Phi) is 5.85. The van der Waals surface area contributed by atoms with Crippen LogP contribution in [0, 0.1) is 24.0 Å². The fourth-order valence-electron chi connectivity index (χ4n) is 3.78. The molecule has 1 saturated carbocycles. The van der Waals surface area contributed by atoms with Gasteiger partial charge in [0.15, 0.2) is 14.6 Å². The number of nitro benzene ring substituents is 1. The molecule has 0 N–H and O–H groups in total. The van der Waals surface area contributed by atoms with Crippen molar-refractivity contribution in [2.45, 2.75) is 49.2 Å². The number of hydrogen-bond acceptors (Lipinski definition) is 7. The van der Waals surface area contributed by atoms with E-state index >= 15 is 0 Å². The number of carbonyl (C=O) groups excluding carboxylic acids is 1. The lowest BCUT2D eigenvalue weighted by molar-refractivity contribution is -0.385. The van der Waals surface area contributed by atoms with E-state index in [0.717, 1.165) is 11.6 Å². The molecule has 0 aromatic heterocycles. The van der Waals surface area contributed by atoms with Crippen molar-refractivity contribution in [2.75, 3.05) is 7.11 Å². The number of rotatable bonds is 6. The highest BCUT2D eigenvalue weighted by molar-refractivity contribution is 7.93. The minimum absolute atomic E-state index is 0.0885. The van der Waals surface area contributed by atoms with E-state index in [2.05, 4.69) is 0 Å². The van der Waals surface area contributed by atoms with Crippen molar-refractivity contribution in [2.24, 2.45) is 0 Å². The Bertz CT molecular complexity index is 1100. The molecule has 30 heavy (non-hydrogen) atoms. The Morgan fingerprint density at radius 1 is 1.10 bits per heavy atom. The van der Waals surface area contributed by atoms with E-state index < -0.39 is 31.2 Å². The molecule has 160 valence electrons. The zero-order valence-electron chi connectivity index (χ0n) is 17.0. The van der Waals surface area contributed by atoms with Gasteiger partial charge in [0, 0.05) is 0 Å². The van der Waals surface area contributed by atoms with Crippen LogP contribution in [0.3, 0.4) is 0 Å². The van der Waals surface area contributed by atoms with E-state index in [1.807, 2.05) is 0 Å². The van der Waals surface area contributed by atoms with Crippen molar-refractivity contribution in [1.82, 2.24) is 0 Å². The average molecular weight is 433 g/mol. The summed E-state index contributed by atoms with van der Waals surface area (Å²) in [5, 5.41) is 11.4. The molecule has 0 amide bonds. The lowest BCUT2D eigenvalue weighted by Gasteiger charge is -2.27. The van der Waals surface area contributed by atoms with Crippen LogP contribution >= 0.6 is 0 Å². The average Bonchev–Trinajstić information content (AvgIpc) is 3.21. The Morgan fingerprint density at radius 2 is 1.77 bits per heavy atom. The second kappa shape index (κ2) is 8.06. The third-order valence-corrected chi connectivity index (χ3v) is 8.12. The molecule has 1 aliphatic rings. The first-order valence-corrected chi connectivity index (χ1v) is 11.0. The van der Waals surface area contributed by atoms with Crippen molar-refractivity contribution in [3.05, 3.63) is 57.6 Å². The van der Waals surface area contributed by atoms with Crippen LogP contribution < -0.4 is 9.47 Å². The Morgan fingerprint density at radius 3 is 2.37 bits per heavy atom. The van der Waals surface area contributed by atoms with Crippen LogP contribution in [0.25, 0.3) is 0 Å². The van der Waals surface area contributed by atoms with Gasteiger partial charge in [-0.2, -0.15) is 0 Å². The third-order valence-electron chi connectivity index (χ3n) is 5.50. The van der Waals surface area contributed by atoms with Crippen LogP contribution in [0.1, 0.15) is 36.8 Å². The summed E-state index contributed by atoms with van der Waals surface area (Å²) < 4.78 is 35.8. The normalized spacial score (nSPS) is 15.6. The predicted octanol–water partition coefficient (Wildman–Crippen LogP) is 3.91. The minimum Gasteiger partial charge on any atom is -0.496 e. The number of aryl methyl sites for hydroxylation is 2. The van der Waals surface area contributed by atoms with Gasteiger partial charge in [0.25, 0.3) is 0 Å². The summed E-state index contributed by atoms with van der Waals surface area (Å²) in [6.45, 7) is 3.45. The highest BCUT2D eigenvalue weighted by Gasteiger charge is 2.55. The van der Waals surface area contributed by atoms with Gasteiger partial charge in [-0.25, -0.2) is 13.2 Å². The van der Waals surface area contributed by atoms with Gasteiger partial charge in [0.2, 0.25) is 5.75 Å². The number of carbonyl (C=O) groups is 1. The number of nitrogens with zero attached hydrogens (tertiary/aromatic N) is 1. The molecule has 8 nitrogen and oxygen atoms in total. The first-order chi connectivity index (χ1) is 14.1.